The number of fused-ring (bicyclic) bond motifs is 5. The lowest BCUT2D eigenvalue weighted by Gasteiger charge is -2.50. The molecule has 3 aliphatic rings. The van der Waals surface area contributed by atoms with Gasteiger partial charge in [-0.15, -0.1) is 0 Å². The number of hydrogen-bond acceptors (Lipinski definition) is 6. The number of phenolic OH excluding ortho intramolecular Hbond substituents is 1. The van der Waals surface area contributed by atoms with Crippen molar-refractivity contribution < 1.29 is 27.9 Å². The maximum Gasteiger partial charge on any atom is 0.264 e. The van der Waals surface area contributed by atoms with E-state index >= 15 is 0 Å². The Morgan fingerprint density at radius 3 is 2.65 bits per heavy atom. The van der Waals surface area contributed by atoms with Crippen molar-refractivity contribution in [1.29, 1.82) is 0 Å². The van der Waals surface area contributed by atoms with E-state index in [0.29, 0.717) is 49.6 Å². The lowest BCUT2D eigenvalue weighted by Crippen LogP contribution is -2.49. The van der Waals surface area contributed by atoms with Gasteiger partial charge in [-0.1, -0.05) is 19.9 Å². The number of nitrogens with one attached hydrogen (secondary N) is 1. The maximum atomic E-state index is 10.5. The molecule has 0 spiro atoms. The second-order valence-corrected chi connectivity index (χ2v) is 12.1. The molecule has 1 aromatic rings. The predicted octanol–water partition coefficient (Wildman–Crippen LogP) is 3.89. The van der Waals surface area contributed by atoms with E-state index in [1.165, 1.54) is 30.4 Å². The summed E-state index contributed by atoms with van der Waals surface area (Å²) in [6, 6.07) is 6.18. The molecular formula is C26H43NO6S. The standard InChI is InChI=1S/C19H27NO2.C7H16O4S/c1-19-8-7-14-13-6-4-12(21)9-11(13)3-5-15(14)16(19)10-17(22)18(19)20-2;1-2-5-11-6-3-4-7-12(8,9)10/h4,6,9,14-18,20-22H,3,5,7-8,10H2,1-2H3;2-7H2,1H3,(H,8,9,10)/t14-,15-,16+,17-,18+,19+;/m1./s1. The van der Waals surface area contributed by atoms with Gasteiger partial charge in [-0.05, 0) is 105 Å². The summed E-state index contributed by atoms with van der Waals surface area (Å²) in [5.41, 5.74) is 3.02. The van der Waals surface area contributed by atoms with Crippen LogP contribution in [-0.2, 0) is 21.3 Å². The molecule has 1 aromatic carbocycles. The van der Waals surface area contributed by atoms with E-state index < -0.39 is 10.1 Å². The molecule has 6 atom stereocenters. The van der Waals surface area contributed by atoms with Gasteiger partial charge in [0.1, 0.15) is 5.75 Å². The van der Waals surface area contributed by atoms with Gasteiger partial charge >= 0.3 is 0 Å². The van der Waals surface area contributed by atoms with E-state index in [1.807, 2.05) is 26.1 Å². The first-order chi connectivity index (χ1) is 16.1. The van der Waals surface area contributed by atoms with Gasteiger partial charge in [0.05, 0.1) is 11.9 Å². The summed E-state index contributed by atoms with van der Waals surface area (Å²) in [7, 11) is -1.78. The van der Waals surface area contributed by atoms with Gasteiger partial charge in [0.15, 0.2) is 0 Å². The number of rotatable bonds is 8. The lowest BCUT2D eigenvalue weighted by atomic mass is 9.55. The zero-order chi connectivity index (χ0) is 24.9. The minimum Gasteiger partial charge on any atom is -0.508 e. The Morgan fingerprint density at radius 2 is 1.97 bits per heavy atom. The van der Waals surface area contributed by atoms with E-state index in [-0.39, 0.29) is 23.3 Å². The van der Waals surface area contributed by atoms with E-state index in [2.05, 4.69) is 18.3 Å². The topological polar surface area (TPSA) is 116 Å². The third-order valence-electron chi connectivity index (χ3n) is 8.34. The molecule has 4 N–H and O–H groups in total. The smallest absolute Gasteiger partial charge is 0.264 e. The molecule has 0 unspecified atom stereocenters. The first-order valence-electron chi connectivity index (χ1n) is 12.8. The largest absolute Gasteiger partial charge is 0.508 e. The van der Waals surface area contributed by atoms with Crippen molar-refractivity contribution in [3.05, 3.63) is 29.3 Å². The second kappa shape index (κ2) is 11.7. The number of aliphatic hydroxyl groups is 1. The van der Waals surface area contributed by atoms with E-state index in [9.17, 15) is 18.6 Å². The molecule has 0 amide bonds. The SMILES string of the molecule is CCCOCCCCS(=O)(=O)O.CN[C@H]1[C@H](O)C[C@H]2[C@@H]3CCc4cc(O)ccc4[C@H]3CC[C@@]21C. The summed E-state index contributed by atoms with van der Waals surface area (Å²) in [6.07, 6.45) is 7.50. The molecule has 2 fully saturated rings. The van der Waals surface area contributed by atoms with E-state index in [0.717, 1.165) is 19.3 Å². The highest BCUT2D eigenvalue weighted by molar-refractivity contribution is 7.85. The Hall–Kier alpha value is -1.19. The first kappa shape index (κ1) is 27.4. The molecule has 2 saturated carbocycles. The number of unbranched alkanes of at least 4 members (excludes halogenated alkanes) is 1. The van der Waals surface area contributed by atoms with Crippen molar-refractivity contribution >= 4 is 10.1 Å². The Labute approximate surface area is 205 Å². The molecule has 0 heterocycles. The van der Waals surface area contributed by atoms with Crippen molar-refractivity contribution in [3.63, 3.8) is 0 Å². The quantitative estimate of drug-likeness (QED) is 0.318. The number of aliphatic hydroxyl groups excluding tert-OH is 1. The highest BCUT2D eigenvalue weighted by Crippen LogP contribution is 2.60. The van der Waals surface area contributed by atoms with Crippen molar-refractivity contribution in [3.8, 4) is 5.75 Å². The first-order valence-corrected chi connectivity index (χ1v) is 14.4. The summed E-state index contributed by atoms with van der Waals surface area (Å²) in [5, 5.41) is 23.6. The fourth-order valence-corrected chi connectivity index (χ4v) is 7.41. The highest BCUT2D eigenvalue weighted by atomic mass is 32.2. The van der Waals surface area contributed by atoms with Gasteiger partial charge in [0, 0.05) is 19.3 Å². The summed E-state index contributed by atoms with van der Waals surface area (Å²) in [5.74, 6) is 2.14. The lowest BCUT2D eigenvalue weighted by molar-refractivity contribution is 0.0382. The number of benzene rings is 1. The van der Waals surface area contributed by atoms with Gasteiger partial charge in [-0.2, -0.15) is 8.42 Å². The van der Waals surface area contributed by atoms with Gasteiger partial charge < -0.3 is 20.3 Å². The molecule has 4 rings (SSSR count). The zero-order valence-electron chi connectivity index (χ0n) is 20.9. The Kier molecular flexibility index (Phi) is 9.43. The van der Waals surface area contributed by atoms with Crippen LogP contribution in [0.4, 0.5) is 0 Å². The Morgan fingerprint density at radius 1 is 1.21 bits per heavy atom. The molecule has 0 radical (unpaired) electrons. The van der Waals surface area contributed by atoms with Gasteiger partial charge in [0.2, 0.25) is 0 Å². The highest BCUT2D eigenvalue weighted by Gasteiger charge is 2.57. The molecule has 0 aliphatic heterocycles. The van der Waals surface area contributed by atoms with Crippen molar-refractivity contribution in [2.24, 2.45) is 17.3 Å². The molecule has 0 saturated heterocycles. The molecule has 0 bridgehead atoms. The number of aryl methyl sites for hydroxylation is 1. The second-order valence-electron chi connectivity index (χ2n) is 10.5. The minimum absolute atomic E-state index is 0.164. The Bertz CT molecular complexity index is 907. The van der Waals surface area contributed by atoms with Crippen LogP contribution in [0.5, 0.6) is 5.75 Å². The number of phenols is 1. The summed E-state index contributed by atoms with van der Waals surface area (Å²) in [6.45, 7) is 5.69. The normalized spacial score (nSPS) is 32.2. The average molecular weight is 498 g/mol. The summed E-state index contributed by atoms with van der Waals surface area (Å²) in [4.78, 5) is 0. The van der Waals surface area contributed by atoms with E-state index in [4.69, 9.17) is 9.29 Å². The van der Waals surface area contributed by atoms with Crippen LogP contribution in [0.25, 0.3) is 0 Å². The van der Waals surface area contributed by atoms with Crippen molar-refractivity contribution in [2.45, 2.75) is 83.3 Å². The predicted molar refractivity (Wildman–Crippen MR) is 134 cm³/mol. The minimum atomic E-state index is -3.77. The number of ether oxygens (including phenoxy) is 1. The van der Waals surface area contributed by atoms with Crippen LogP contribution in [0.3, 0.4) is 0 Å². The summed E-state index contributed by atoms with van der Waals surface area (Å²) >= 11 is 0. The van der Waals surface area contributed by atoms with Gasteiger partial charge in [-0.3, -0.25) is 4.55 Å². The average Bonchev–Trinajstić information content (AvgIpc) is 3.04. The van der Waals surface area contributed by atoms with E-state index in [1.54, 1.807) is 0 Å². The maximum absolute atomic E-state index is 10.5. The van der Waals surface area contributed by atoms with Crippen LogP contribution in [-0.4, -0.2) is 61.3 Å². The monoisotopic (exact) mass is 497 g/mol. The molecule has 7 nitrogen and oxygen atoms in total. The van der Waals surface area contributed by atoms with Crippen LogP contribution < -0.4 is 5.32 Å². The molecule has 34 heavy (non-hydrogen) atoms. The number of likely N-dealkylation sites (N-methyl/N-ethyl adjacent to an activating group) is 1. The fourth-order valence-electron chi connectivity index (χ4n) is 6.84. The number of hydrogen-bond donors (Lipinski definition) is 4. The van der Waals surface area contributed by atoms with Crippen LogP contribution in [0.2, 0.25) is 0 Å². The molecule has 194 valence electrons. The third kappa shape index (κ3) is 6.32. The molecule has 0 aromatic heterocycles. The zero-order valence-corrected chi connectivity index (χ0v) is 21.7. The summed E-state index contributed by atoms with van der Waals surface area (Å²) < 4.78 is 33.9. The fraction of sp³-hybridized carbons (Fsp3) is 0.769. The third-order valence-corrected chi connectivity index (χ3v) is 9.14. The van der Waals surface area contributed by atoms with Gasteiger partial charge in [0.25, 0.3) is 10.1 Å². The van der Waals surface area contributed by atoms with Crippen LogP contribution >= 0.6 is 0 Å². The molecular weight excluding hydrogens is 454 g/mol. The number of aromatic hydroxyl groups is 1. The van der Waals surface area contributed by atoms with Crippen molar-refractivity contribution in [1.82, 2.24) is 5.32 Å². The van der Waals surface area contributed by atoms with Crippen molar-refractivity contribution in [2.75, 3.05) is 26.0 Å². The molecule has 3 aliphatic carbocycles. The Balaban J connectivity index is 0.000000232. The van der Waals surface area contributed by atoms with Crippen LogP contribution in [0, 0.1) is 17.3 Å². The van der Waals surface area contributed by atoms with Crippen LogP contribution in [0.1, 0.15) is 75.8 Å². The van der Waals surface area contributed by atoms with Crippen LogP contribution in [0.15, 0.2) is 18.2 Å². The van der Waals surface area contributed by atoms with Gasteiger partial charge in [-0.25, -0.2) is 0 Å². The molecule has 8 heteroatoms.